The van der Waals surface area contributed by atoms with E-state index in [4.69, 9.17) is 0 Å². The molecule has 0 aliphatic heterocycles. The Morgan fingerprint density at radius 1 is 1.36 bits per heavy atom. The van der Waals surface area contributed by atoms with Crippen LogP contribution in [-0.2, 0) is 0 Å². The van der Waals surface area contributed by atoms with Gasteiger partial charge in [-0.3, -0.25) is 0 Å². The van der Waals surface area contributed by atoms with Crippen molar-refractivity contribution in [3.8, 4) is 0 Å². The summed E-state index contributed by atoms with van der Waals surface area (Å²) in [5, 5.41) is 0. The number of hydrogen-bond acceptors (Lipinski definition) is 0. The molecule has 0 heteroatoms. The summed E-state index contributed by atoms with van der Waals surface area (Å²) in [6.07, 6.45) is 10.6. The van der Waals surface area contributed by atoms with E-state index < -0.39 is 0 Å². The molecule has 0 spiro atoms. The van der Waals surface area contributed by atoms with Crippen LogP contribution in [0.1, 0.15) is 45.4 Å². The van der Waals surface area contributed by atoms with Crippen molar-refractivity contribution in [3.05, 3.63) is 12.7 Å². The lowest BCUT2D eigenvalue weighted by Gasteiger charge is -2.26. The van der Waals surface area contributed by atoms with Crippen LogP contribution >= 0.6 is 0 Å². The first-order chi connectivity index (χ1) is 5.34. The fraction of sp³-hybridized carbons (Fsp3) is 0.818. The van der Waals surface area contributed by atoms with Gasteiger partial charge in [0.15, 0.2) is 0 Å². The fourth-order valence-electron chi connectivity index (χ4n) is 2.16. The molecule has 0 aromatic carbocycles. The van der Waals surface area contributed by atoms with E-state index in [1.807, 2.05) is 0 Å². The maximum Gasteiger partial charge on any atom is -0.0325 e. The summed E-state index contributed by atoms with van der Waals surface area (Å²) >= 11 is 0. The molecule has 64 valence electrons. The summed E-state index contributed by atoms with van der Waals surface area (Å²) in [6, 6.07) is 0. The molecule has 0 radical (unpaired) electrons. The molecular weight excluding hydrogens is 132 g/mol. The van der Waals surface area contributed by atoms with E-state index >= 15 is 0 Å². The molecule has 0 nitrogen and oxygen atoms in total. The lowest BCUT2D eigenvalue weighted by molar-refractivity contribution is 0.265. The summed E-state index contributed by atoms with van der Waals surface area (Å²) in [5.74, 6) is 1.88. The predicted molar refractivity (Wildman–Crippen MR) is 50.6 cm³/mol. The summed E-state index contributed by atoms with van der Waals surface area (Å²) in [7, 11) is 0. The molecule has 0 amide bonds. The minimum Gasteiger partial charge on any atom is -0.103 e. The van der Waals surface area contributed by atoms with Crippen LogP contribution in [0.5, 0.6) is 0 Å². The van der Waals surface area contributed by atoms with Crippen molar-refractivity contribution in [3.63, 3.8) is 0 Å². The molecule has 1 saturated carbocycles. The van der Waals surface area contributed by atoms with Gasteiger partial charge in [-0.05, 0) is 18.3 Å². The highest BCUT2D eigenvalue weighted by atomic mass is 14.2. The quantitative estimate of drug-likeness (QED) is 0.540. The van der Waals surface area contributed by atoms with Gasteiger partial charge in [-0.25, -0.2) is 0 Å². The minimum atomic E-state index is 0.882. The van der Waals surface area contributed by atoms with Gasteiger partial charge in [0.05, 0.1) is 0 Å². The van der Waals surface area contributed by atoms with Gasteiger partial charge in [-0.1, -0.05) is 45.1 Å². The monoisotopic (exact) mass is 152 g/mol. The van der Waals surface area contributed by atoms with E-state index in [1.54, 1.807) is 0 Å². The molecular formula is C11H20. The Balaban J connectivity index is 2.26. The Hall–Kier alpha value is -0.260. The van der Waals surface area contributed by atoms with Crippen LogP contribution < -0.4 is 0 Å². The van der Waals surface area contributed by atoms with Crippen molar-refractivity contribution in [2.24, 2.45) is 11.8 Å². The van der Waals surface area contributed by atoms with Crippen molar-refractivity contribution in [2.45, 2.75) is 45.4 Å². The molecule has 0 unspecified atom stereocenters. The van der Waals surface area contributed by atoms with E-state index in [1.165, 1.54) is 38.5 Å². The highest BCUT2D eigenvalue weighted by molar-refractivity contribution is 4.77. The topological polar surface area (TPSA) is 0 Å². The first-order valence-corrected chi connectivity index (χ1v) is 4.95. The SMILES string of the molecule is C=CC[C@@H](C)C1CCCCC1. The number of hydrogen-bond donors (Lipinski definition) is 0. The molecule has 0 heterocycles. The molecule has 0 N–H and O–H groups in total. The Labute approximate surface area is 70.7 Å². The second-order valence-electron chi connectivity index (χ2n) is 3.90. The highest BCUT2D eigenvalue weighted by Crippen LogP contribution is 2.31. The van der Waals surface area contributed by atoms with Gasteiger partial charge in [0.25, 0.3) is 0 Å². The predicted octanol–water partition coefficient (Wildman–Crippen LogP) is 3.78. The van der Waals surface area contributed by atoms with Crippen LogP contribution in [0.4, 0.5) is 0 Å². The van der Waals surface area contributed by atoms with E-state index in [2.05, 4.69) is 19.6 Å². The zero-order valence-electron chi connectivity index (χ0n) is 7.68. The summed E-state index contributed by atoms with van der Waals surface area (Å²) in [6.45, 7) is 6.17. The van der Waals surface area contributed by atoms with Crippen molar-refractivity contribution in [2.75, 3.05) is 0 Å². The molecule has 0 aromatic heterocycles. The maximum atomic E-state index is 3.80. The van der Waals surface area contributed by atoms with Crippen LogP contribution in [0.25, 0.3) is 0 Å². The first kappa shape index (κ1) is 8.83. The average molecular weight is 152 g/mol. The van der Waals surface area contributed by atoms with Crippen LogP contribution in [0.2, 0.25) is 0 Å². The smallest absolute Gasteiger partial charge is 0.0325 e. The van der Waals surface area contributed by atoms with Crippen LogP contribution in [0.15, 0.2) is 12.7 Å². The second kappa shape index (κ2) is 4.58. The van der Waals surface area contributed by atoms with Gasteiger partial charge >= 0.3 is 0 Å². The van der Waals surface area contributed by atoms with E-state index in [-0.39, 0.29) is 0 Å². The molecule has 1 rings (SSSR count). The largest absolute Gasteiger partial charge is 0.103 e. The zero-order chi connectivity index (χ0) is 8.10. The molecule has 0 bridgehead atoms. The molecule has 0 saturated heterocycles. The first-order valence-electron chi connectivity index (χ1n) is 4.95. The lowest BCUT2D eigenvalue weighted by atomic mass is 9.79. The summed E-state index contributed by atoms with van der Waals surface area (Å²) < 4.78 is 0. The van der Waals surface area contributed by atoms with Gasteiger partial charge in [0.2, 0.25) is 0 Å². The Morgan fingerprint density at radius 3 is 2.55 bits per heavy atom. The van der Waals surface area contributed by atoms with Gasteiger partial charge in [-0.15, -0.1) is 6.58 Å². The third-order valence-electron chi connectivity index (χ3n) is 2.99. The van der Waals surface area contributed by atoms with Crippen LogP contribution in [0.3, 0.4) is 0 Å². The molecule has 1 atom stereocenters. The van der Waals surface area contributed by atoms with Gasteiger partial charge < -0.3 is 0 Å². The van der Waals surface area contributed by atoms with Crippen molar-refractivity contribution < 1.29 is 0 Å². The minimum absolute atomic E-state index is 0.882. The van der Waals surface area contributed by atoms with Gasteiger partial charge in [-0.2, -0.15) is 0 Å². The standard InChI is InChI=1S/C11H20/c1-3-7-10(2)11-8-5-4-6-9-11/h3,10-11H,1,4-9H2,2H3/t10-/m1/s1. The van der Waals surface area contributed by atoms with Crippen molar-refractivity contribution >= 4 is 0 Å². The lowest BCUT2D eigenvalue weighted by Crippen LogP contribution is -2.14. The van der Waals surface area contributed by atoms with Crippen LogP contribution in [-0.4, -0.2) is 0 Å². The Kier molecular flexibility index (Phi) is 3.68. The highest BCUT2D eigenvalue weighted by Gasteiger charge is 2.18. The molecule has 1 aliphatic carbocycles. The average Bonchev–Trinajstić information content (AvgIpc) is 2.07. The number of allylic oxidation sites excluding steroid dienone is 1. The van der Waals surface area contributed by atoms with Crippen molar-refractivity contribution in [1.29, 1.82) is 0 Å². The zero-order valence-corrected chi connectivity index (χ0v) is 7.68. The van der Waals surface area contributed by atoms with Crippen LogP contribution in [0, 0.1) is 11.8 Å². The number of rotatable bonds is 3. The molecule has 1 fully saturated rings. The second-order valence-corrected chi connectivity index (χ2v) is 3.90. The third-order valence-corrected chi connectivity index (χ3v) is 2.99. The van der Waals surface area contributed by atoms with Crippen molar-refractivity contribution in [1.82, 2.24) is 0 Å². The Morgan fingerprint density at radius 2 is 2.00 bits per heavy atom. The fourth-order valence-corrected chi connectivity index (χ4v) is 2.16. The summed E-state index contributed by atoms with van der Waals surface area (Å²) in [4.78, 5) is 0. The Bertz CT molecular complexity index is 109. The molecule has 1 aliphatic rings. The third kappa shape index (κ3) is 2.69. The van der Waals surface area contributed by atoms with E-state index in [0.717, 1.165) is 11.8 Å². The maximum absolute atomic E-state index is 3.80. The molecule has 11 heavy (non-hydrogen) atoms. The van der Waals surface area contributed by atoms with E-state index in [0.29, 0.717) is 0 Å². The van der Waals surface area contributed by atoms with E-state index in [9.17, 15) is 0 Å². The van der Waals surface area contributed by atoms with Gasteiger partial charge in [0, 0.05) is 0 Å². The van der Waals surface area contributed by atoms with Gasteiger partial charge in [0.1, 0.15) is 0 Å². The molecule has 0 aromatic rings. The summed E-state index contributed by atoms with van der Waals surface area (Å²) in [5.41, 5.74) is 0. The normalized spacial score (nSPS) is 23.0.